The van der Waals surface area contributed by atoms with Crippen LogP contribution in [0.25, 0.3) is 0 Å². The Labute approximate surface area is 183 Å². The first-order valence-corrected chi connectivity index (χ1v) is 9.53. The molecule has 0 bridgehead atoms. The molecule has 28 heavy (non-hydrogen) atoms. The molecule has 0 radical (unpaired) electrons. The van der Waals surface area contributed by atoms with E-state index in [9.17, 15) is 0 Å². The van der Waals surface area contributed by atoms with Crippen LogP contribution in [0.5, 0.6) is 0 Å². The highest BCUT2D eigenvalue weighted by Crippen LogP contribution is 2.27. The molecule has 0 unspecified atom stereocenters. The van der Waals surface area contributed by atoms with Crippen LogP contribution in [0.3, 0.4) is 0 Å². The van der Waals surface area contributed by atoms with Gasteiger partial charge >= 0.3 is 0 Å². The summed E-state index contributed by atoms with van der Waals surface area (Å²) in [5.41, 5.74) is 3.90. The van der Waals surface area contributed by atoms with Gasteiger partial charge in [0.25, 0.3) is 0 Å². The SMILES string of the molecule is CCNC(=NCc1nccn1Cc1ccccc1)N1CCc2ccccc21.I. The molecule has 6 heteroatoms. The lowest BCUT2D eigenvalue weighted by Gasteiger charge is -2.22. The number of nitrogens with zero attached hydrogens (tertiary/aromatic N) is 4. The van der Waals surface area contributed by atoms with E-state index in [1.165, 1.54) is 16.8 Å². The lowest BCUT2D eigenvalue weighted by atomic mass is 10.2. The van der Waals surface area contributed by atoms with E-state index in [1.54, 1.807) is 0 Å². The molecule has 2 aromatic carbocycles. The second-order valence-electron chi connectivity index (χ2n) is 6.66. The van der Waals surface area contributed by atoms with Gasteiger partial charge < -0.3 is 14.8 Å². The molecule has 1 aromatic heterocycles. The first kappa shape index (κ1) is 20.4. The van der Waals surface area contributed by atoms with Crippen molar-refractivity contribution in [3.63, 3.8) is 0 Å². The summed E-state index contributed by atoms with van der Waals surface area (Å²) in [6.45, 7) is 5.28. The van der Waals surface area contributed by atoms with Gasteiger partial charge in [-0.15, -0.1) is 24.0 Å². The molecule has 146 valence electrons. The van der Waals surface area contributed by atoms with Crippen molar-refractivity contribution in [2.24, 2.45) is 4.99 Å². The zero-order valence-electron chi connectivity index (χ0n) is 16.1. The van der Waals surface area contributed by atoms with Gasteiger partial charge in [0, 0.05) is 37.7 Å². The maximum absolute atomic E-state index is 4.89. The zero-order chi connectivity index (χ0) is 18.5. The minimum atomic E-state index is 0. The summed E-state index contributed by atoms with van der Waals surface area (Å²) in [5, 5.41) is 3.44. The average Bonchev–Trinajstić information content (AvgIpc) is 3.33. The molecule has 0 amide bonds. The number of rotatable bonds is 5. The van der Waals surface area contributed by atoms with Crippen molar-refractivity contribution in [3.05, 3.63) is 83.9 Å². The summed E-state index contributed by atoms with van der Waals surface area (Å²) in [5.74, 6) is 1.90. The molecular weight excluding hydrogens is 461 g/mol. The van der Waals surface area contributed by atoms with Crippen LogP contribution in [0.1, 0.15) is 23.9 Å². The molecule has 0 spiro atoms. The lowest BCUT2D eigenvalue weighted by molar-refractivity contribution is 0.721. The number of benzene rings is 2. The highest BCUT2D eigenvalue weighted by atomic mass is 127. The molecule has 0 saturated heterocycles. The molecule has 1 N–H and O–H groups in total. The number of para-hydroxylation sites is 1. The first-order chi connectivity index (χ1) is 13.3. The molecule has 1 aliphatic rings. The van der Waals surface area contributed by atoms with Gasteiger partial charge in [0.05, 0.1) is 0 Å². The van der Waals surface area contributed by atoms with E-state index in [4.69, 9.17) is 4.99 Å². The number of aliphatic imine (C=N–C) groups is 1. The van der Waals surface area contributed by atoms with Crippen LogP contribution in [0, 0.1) is 0 Å². The Balaban J connectivity index is 0.00000225. The Bertz CT molecular complexity index is 919. The Morgan fingerprint density at radius 3 is 2.71 bits per heavy atom. The Kier molecular flexibility index (Phi) is 7.08. The quantitative estimate of drug-likeness (QED) is 0.335. The van der Waals surface area contributed by atoms with Crippen molar-refractivity contribution in [3.8, 4) is 0 Å². The molecule has 0 aliphatic carbocycles. The van der Waals surface area contributed by atoms with E-state index in [0.29, 0.717) is 6.54 Å². The third kappa shape index (κ3) is 4.55. The largest absolute Gasteiger partial charge is 0.356 e. The number of imidazole rings is 1. The van der Waals surface area contributed by atoms with E-state index in [2.05, 4.69) is 75.2 Å². The predicted molar refractivity (Wildman–Crippen MR) is 125 cm³/mol. The van der Waals surface area contributed by atoms with Crippen LogP contribution in [-0.2, 0) is 19.5 Å². The zero-order valence-corrected chi connectivity index (χ0v) is 18.4. The highest BCUT2D eigenvalue weighted by Gasteiger charge is 2.22. The molecule has 5 nitrogen and oxygen atoms in total. The smallest absolute Gasteiger partial charge is 0.198 e. The van der Waals surface area contributed by atoms with Crippen LogP contribution in [0.4, 0.5) is 5.69 Å². The standard InChI is InChI=1S/C22H25N5.HI/c1-2-23-22(27-14-12-19-10-6-7-11-20(19)27)25-16-21-24-13-15-26(21)17-18-8-4-3-5-9-18;/h3-11,13,15H,2,12,14,16-17H2,1H3,(H,23,25);1H. The van der Waals surface area contributed by atoms with Crippen molar-refractivity contribution < 1.29 is 0 Å². The van der Waals surface area contributed by atoms with Crippen molar-refractivity contribution in [1.29, 1.82) is 0 Å². The number of nitrogens with one attached hydrogen (secondary N) is 1. The van der Waals surface area contributed by atoms with E-state index in [1.807, 2.05) is 18.5 Å². The summed E-state index contributed by atoms with van der Waals surface area (Å²) >= 11 is 0. The third-order valence-electron chi connectivity index (χ3n) is 4.85. The van der Waals surface area contributed by atoms with Gasteiger partial charge in [-0.3, -0.25) is 0 Å². The second-order valence-corrected chi connectivity index (χ2v) is 6.66. The van der Waals surface area contributed by atoms with Crippen LogP contribution >= 0.6 is 24.0 Å². The molecule has 4 rings (SSSR count). The summed E-state index contributed by atoms with van der Waals surface area (Å²) in [6.07, 6.45) is 4.94. The minimum Gasteiger partial charge on any atom is -0.356 e. The summed E-state index contributed by atoms with van der Waals surface area (Å²) in [7, 11) is 0. The number of halogens is 1. The summed E-state index contributed by atoms with van der Waals surface area (Å²) in [4.78, 5) is 11.7. The van der Waals surface area contributed by atoms with Crippen LogP contribution in [0.2, 0.25) is 0 Å². The summed E-state index contributed by atoms with van der Waals surface area (Å²) in [6, 6.07) is 19.0. The number of fused-ring (bicyclic) bond motifs is 1. The molecule has 0 fully saturated rings. The van der Waals surface area contributed by atoms with Crippen LogP contribution in [0.15, 0.2) is 72.0 Å². The Morgan fingerprint density at radius 2 is 1.89 bits per heavy atom. The number of aromatic nitrogens is 2. The summed E-state index contributed by atoms with van der Waals surface area (Å²) < 4.78 is 2.17. The third-order valence-corrected chi connectivity index (χ3v) is 4.85. The van der Waals surface area contributed by atoms with Crippen molar-refractivity contribution in [1.82, 2.24) is 14.9 Å². The monoisotopic (exact) mass is 487 g/mol. The number of guanidine groups is 1. The molecular formula is C22H26IN5. The van der Waals surface area contributed by atoms with E-state index in [-0.39, 0.29) is 24.0 Å². The van der Waals surface area contributed by atoms with E-state index >= 15 is 0 Å². The van der Waals surface area contributed by atoms with E-state index in [0.717, 1.165) is 37.8 Å². The van der Waals surface area contributed by atoms with Crippen LogP contribution < -0.4 is 10.2 Å². The fraction of sp³-hybridized carbons (Fsp3) is 0.273. The number of hydrogen-bond donors (Lipinski definition) is 1. The first-order valence-electron chi connectivity index (χ1n) is 9.53. The Hall–Kier alpha value is -2.35. The lowest BCUT2D eigenvalue weighted by Crippen LogP contribution is -2.40. The number of hydrogen-bond acceptors (Lipinski definition) is 2. The fourth-order valence-corrected chi connectivity index (χ4v) is 3.51. The second kappa shape index (κ2) is 9.73. The molecule has 2 heterocycles. The normalized spacial score (nSPS) is 13.2. The molecule has 0 saturated carbocycles. The maximum atomic E-state index is 4.89. The minimum absolute atomic E-state index is 0. The predicted octanol–water partition coefficient (Wildman–Crippen LogP) is 4.08. The van der Waals surface area contributed by atoms with Gasteiger partial charge in [-0.2, -0.15) is 0 Å². The van der Waals surface area contributed by atoms with Crippen LogP contribution in [-0.4, -0.2) is 28.6 Å². The van der Waals surface area contributed by atoms with Gasteiger partial charge in [-0.1, -0.05) is 48.5 Å². The Morgan fingerprint density at radius 1 is 1.11 bits per heavy atom. The van der Waals surface area contributed by atoms with Gasteiger partial charge in [-0.05, 0) is 30.5 Å². The van der Waals surface area contributed by atoms with Crippen molar-refractivity contribution >= 4 is 35.6 Å². The number of anilines is 1. The molecule has 3 aromatic rings. The fourth-order valence-electron chi connectivity index (χ4n) is 3.51. The average molecular weight is 487 g/mol. The topological polar surface area (TPSA) is 45.5 Å². The van der Waals surface area contributed by atoms with Gasteiger partial charge in [0.1, 0.15) is 12.4 Å². The van der Waals surface area contributed by atoms with Gasteiger partial charge in [0.15, 0.2) is 5.96 Å². The molecule has 0 atom stereocenters. The van der Waals surface area contributed by atoms with Gasteiger partial charge in [-0.25, -0.2) is 9.98 Å². The molecule has 1 aliphatic heterocycles. The van der Waals surface area contributed by atoms with E-state index < -0.39 is 0 Å². The van der Waals surface area contributed by atoms with Crippen molar-refractivity contribution in [2.45, 2.75) is 26.4 Å². The maximum Gasteiger partial charge on any atom is 0.198 e. The van der Waals surface area contributed by atoms with Gasteiger partial charge in [0.2, 0.25) is 0 Å². The van der Waals surface area contributed by atoms with Crippen molar-refractivity contribution in [2.75, 3.05) is 18.0 Å². The highest BCUT2D eigenvalue weighted by molar-refractivity contribution is 14.0.